The highest BCUT2D eigenvalue weighted by Gasteiger charge is 2.32. The van der Waals surface area contributed by atoms with Crippen molar-refractivity contribution in [3.8, 4) is 11.5 Å². The van der Waals surface area contributed by atoms with Crippen LogP contribution in [0.3, 0.4) is 0 Å². The van der Waals surface area contributed by atoms with E-state index >= 15 is 0 Å². The average Bonchev–Trinajstić information content (AvgIpc) is 3.05. The number of rotatable bonds is 1. The third-order valence-corrected chi connectivity index (χ3v) is 6.28. The lowest BCUT2D eigenvalue weighted by molar-refractivity contribution is 0.438. The lowest BCUT2D eigenvalue weighted by Crippen LogP contribution is -2.11. The molecule has 5 aromatic rings. The van der Waals surface area contributed by atoms with Crippen LogP contribution >= 0.6 is 15.9 Å². The predicted molar refractivity (Wildman–Crippen MR) is 115 cm³/mol. The molecule has 0 unspecified atom stereocenters. The second-order valence-corrected chi connectivity index (χ2v) is 7.88. The van der Waals surface area contributed by atoms with E-state index in [2.05, 4.69) is 64.5 Å². The van der Waals surface area contributed by atoms with Gasteiger partial charge in [0.25, 0.3) is 0 Å². The molecular weight excluding hydrogens is 412 g/mol. The first-order valence-corrected chi connectivity index (χ1v) is 10.1. The molecule has 0 radical (unpaired) electrons. The minimum absolute atomic E-state index is 0.0222. The largest absolute Gasteiger partial charge is 0.459 e. The fraction of sp³-hybridized carbons (Fsp3) is 0.0400. The number of hydrogen-bond acceptors (Lipinski definition) is 2. The van der Waals surface area contributed by atoms with Gasteiger partial charge >= 0.3 is 0 Å². The SMILES string of the molecule is Brc1c(C2c3ccccc3Oc3ccccc32)oc2cc3ccccc3cc12. The summed E-state index contributed by atoms with van der Waals surface area (Å²) in [6.07, 6.45) is 0. The molecule has 4 aromatic carbocycles. The number of para-hydroxylation sites is 2. The van der Waals surface area contributed by atoms with Crippen LogP contribution in [0.4, 0.5) is 0 Å². The minimum Gasteiger partial charge on any atom is -0.459 e. The smallest absolute Gasteiger partial charge is 0.136 e. The quantitative estimate of drug-likeness (QED) is 0.269. The molecule has 1 aliphatic heterocycles. The van der Waals surface area contributed by atoms with Gasteiger partial charge in [-0.1, -0.05) is 60.7 Å². The van der Waals surface area contributed by atoms with Crippen LogP contribution in [0.2, 0.25) is 0 Å². The van der Waals surface area contributed by atoms with Gasteiger partial charge in [0, 0.05) is 16.5 Å². The molecule has 6 rings (SSSR count). The summed E-state index contributed by atoms with van der Waals surface area (Å²) in [7, 11) is 0. The molecule has 2 heterocycles. The third kappa shape index (κ3) is 2.26. The molecule has 0 atom stereocenters. The Morgan fingerprint density at radius 2 is 1.25 bits per heavy atom. The van der Waals surface area contributed by atoms with Gasteiger partial charge in [-0.25, -0.2) is 0 Å². The Morgan fingerprint density at radius 3 is 1.93 bits per heavy atom. The Kier molecular flexibility index (Phi) is 3.41. The molecule has 134 valence electrons. The van der Waals surface area contributed by atoms with Gasteiger partial charge in [0.2, 0.25) is 0 Å². The van der Waals surface area contributed by atoms with E-state index in [-0.39, 0.29) is 5.92 Å². The number of benzene rings is 4. The van der Waals surface area contributed by atoms with Crippen LogP contribution in [-0.2, 0) is 0 Å². The van der Waals surface area contributed by atoms with Crippen LogP contribution in [0.1, 0.15) is 22.8 Å². The zero-order valence-electron chi connectivity index (χ0n) is 14.9. The first-order chi connectivity index (χ1) is 13.8. The van der Waals surface area contributed by atoms with Gasteiger partial charge in [0.1, 0.15) is 22.8 Å². The molecule has 0 saturated carbocycles. The molecule has 0 saturated heterocycles. The van der Waals surface area contributed by atoms with Crippen LogP contribution in [0.15, 0.2) is 93.8 Å². The van der Waals surface area contributed by atoms with E-state index in [1.807, 2.05) is 36.4 Å². The second kappa shape index (κ2) is 5.98. The summed E-state index contributed by atoms with van der Waals surface area (Å²) in [6.45, 7) is 0. The maximum absolute atomic E-state index is 6.46. The Hall–Kier alpha value is -3.04. The Labute approximate surface area is 170 Å². The first kappa shape index (κ1) is 16.0. The number of furan rings is 1. The van der Waals surface area contributed by atoms with E-state index in [1.54, 1.807) is 0 Å². The second-order valence-electron chi connectivity index (χ2n) is 7.09. The lowest BCUT2D eigenvalue weighted by Gasteiger charge is -2.27. The maximum Gasteiger partial charge on any atom is 0.136 e. The number of halogens is 1. The van der Waals surface area contributed by atoms with E-state index in [4.69, 9.17) is 9.15 Å². The highest BCUT2D eigenvalue weighted by atomic mass is 79.9. The van der Waals surface area contributed by atoms with Gasteiger partial charge in [-0.2, -0.15) is 0 Å². The van der Waals surface area contributed by atoms with E-state index in [0.717, 1.165) is 43.8 Å². The highest BCUT2D eigenvalue weighted by molar-refractivity contribution is 9.10. The van der Waals surface area contributed by atoms with E-state index in [0.29, 0.717) is 0 Å². The molecule has 0 aliphatic carbocycles. The molecule has 0 amide bonds. The average molecular weight is 427 g/mol. The molecule has 28 heavy (non-hydrogen) atoms. The summed E-state index contributed by atoms with van der Waals surface area (Å²) in [5.74, 6) is 2.65. The monoisotopic (exact) mass is 426 g/mol. The van der Waals surface area contributed by atoms with Crippen molar-refractivity contribution >= 4 is 37.7 Å². The van der Waals surface area contributed by atoms with Crippen LogP contribution in [0.25, 0.3) is 21.7 Å². The maximum atomic E-state index is 6.46. The van der Waals surface area contributed by atoms with Crippen molar-refractivity contribution in [3.05, 3.63) is 106 Å². The van der Waals surface area contributed by atoms with Crippen molar-refractivity contribution in [2.45, 2.75) is 5.92 Å². The van der Waals surface area contributed by atoms with Crippen molar-refractivity contribution < 1.29 is 9.15 Å². The molecule has 1 aromatic heterocycles. The molecule has 0 fully saturated rings. The Morgan fingerprint density at radius 1 is 0.679 bits per heavy atom. The van der Waals surface area contributed by atoms with Crippen molar-refractivity contribution in [3.63, 3.8) is 0 Å². The highest BCUT2D eigenvalue weighted by Crippen LogP contribution is 2.50. The summed E-state index contributed by atoms with van der Waals surface area (Å²) in [4.78, 5) is 0. The zero-order valence-corrected chi connectivity index (χ0v) is 16.4. The summed E-state index contributed by atoms with van der Waals surface area (Å²) in [5.41, 5.74) is 3.12. The zero-order chi connectivity index (χ0) is 18.7. The first-order valence-electron chi connectivity index (χ1n) is 9.26. The van der Waals surface area contributed by atoms with Crippen LogP contribution in [-0.4, -0.2) is 0 Å². The van der Waals surface area contributed by atoms with Gasteiger partial charge in [0.05, 0.1) is 10.4 Å². The summed E-state index contributed by atoms with van der Waals surface area (Å²) in [5, 5.41) is 3.47. The van der Waals surface area contributed by atoms with Crippen molar-refractivity contribution in [1.82, 2.24) is 0 Å². The molecule has 0 N–H and O–H groups in total. The molecular formula is C25H15BrO2. The van der Waals surface area contributed by atoms with Crippen molar-refractivity contribution in [2.75, 3.05) is 0 Å². The fourth-order valence-corrected chi connectivity index (χ4v) is 4.77. The lowest BCUT2D eigenvalue weighted by atomic mass is 9.86. The Balaban J connectivity index is 1.65. The molecule has 3 heteroatoms. The number of fused-ring (bicyclic) bond motifs is 4. The summed E-state index contributed by atoms with van der Waals surface area (Å²) in [6, 6.07) is 29.1. The summed E-state index contributed by atoms with van der Waals surface area (Å²) < 4.78 is 13.6. The van der Waals surface area contributed by atoms with Crippen LogP contribution < -0.4 is 4.74 Å². The van der Waals surface area contributed by atoms with Gasteiger partial charge < -0.3 is 9.15 Å². The predicted octanol–water partition coefficient (Wildman–Crippen LogP) is 7.63. The standard InChI is InChI=1S/C25H15BrO2/c26-24-19-13-15-7-1-2-8-16(15)14-22(19)28-25(24)23-17-9-3-5-11-20(17)27-21-12-6-4-10-18(21)23/h1-14,23H. The number of hydrogen-bond donors (Lipinski definition) is 0. The van der Waals surface area contributed by atoms with Gasteiger partial charge in [-0.15, -0.1) is 0 Å². The van der Waals surface area contributed by atoms with Crippen LogP contribution in [0, 0.1) is 0 Å². The van der Waals surface area contributed by atoms with Gasteiger partial charge in [0.15, 0.2) is 0 Å². The van der Waals surface area contributed by atoms with Gasteiger partial charge in [-0.05, 0) is 51.0 Å². The molecule has 0 bridgehead atoms. The number of ether oxygens (including phenoxy) is 1. The van der Waals surface area contributed by atoms with Crippen LogP contribution in [0.5, 0.6) is 11.5 Å². The van der Waals surface area contributed by atoms with E-state index < -0.39 is 0 Å². The topological polar surface area (TPSA) is 22.4 Å². The van der Waals surface area contributed by atoms with Gasteiger partial charge in [-0.3, -0.25) is 0 Å². The minimum atomic E-state index is -0.0222. The normalized spacial score (nSPS) is 13.3. The summed E-state index contributed by atoms with van der Waals surface area (Å²) >= 11 is 3.84. The van der Waals surface area contributed by atoms with E-state index in [9.17, 15) is 0 Å². The van der Waals surface area contributed by atoms with Crippen molar-refractivity contribution in [2.24, 2.45) is 0 Å². The molecule has 1 aliphatic rings. The molecule has 0 spiro atoms. The molecule has 2 nitrogen and oxygen atoms in total. The Bertz CT molecular complexity index is 1320. The third-order valence-electron chi connectivity index (χ3n) is 5.46. The fourth-order valence-electron chi connectivity index (χ4n) is 4.15. The van der Waals surface area contributed by atoms with E-state index in [1.165, 1.54) is 10.8 Å². The van der Waals surface area contributed by atoms with Crippen molar-refractivity contribution in [1.29, 1.82) is 0 Å².